The average molecular weight is 299 g/mol. The molecular weight excluding hydrogens is 274 g/mol. The third kappa shape index (κ3) is 1.81. The zero-order valence-corrected chi connectivity index (χ0v) is 14.0. The maximum atomic E-state index is 12.9. The van der Waals surface area contributed by atoms with E-state index in [1.54, 1.807) is 0 Å². The number of fused-ring (bicyclic) bond motifs is 2. The maximum Gasteiger partial charge on any atom is 0.227 e. The number of carbonyl (C=O) groups excluding carboxylic acids is 2. The number of rotatable bonds is 3. The maximum absolute atomic E-state index is 12.9. The molecule has 118 valence electrons. The molecule has 3 heteroatoms. The molecule has 2 atom stereocenters. The molecule has 1 N–H and O–H groups in total. The van der Waals surface area contributed by atoms with E-state index in [-0.39, 0.29) is 22.5 Å². The highest BCUT2D eigenvalue weighted by atomic mass is 16.2. The molecule has 2 aliphatic carbocycles. The first-order valence-electron chi connectivity index (χ1n) is 8.10. The van der Waals surface area contributed by atoms with Gasteiger partial charge in [-0.25, -0.2) is 0 Å². The van der Waals surface area contributed by atoms with Crippen molar-refractivity contribution in [3.8, 4) is 0 Å². The first-order chi connectivity index (χ1) is 10.2. The van der Waals surface area contributed by atoms with Crippen LogP contribution in [0.4, 0.5) is 0 Å². The summed E-state index contributed by atoms with van der Waals surface area (Å²) in [5, 5.41) is 3.08. The summed E-state index contributed by atoms with van der Waals surface area (Å²) in [7, 11) is 0. The number of benzene rings is 1. The van der Waals surface area contributed by atoms with Gasteiger partial charge in [-0.15, -0.1) is 0 Å². The number of nitrogens with one attached hydrogen (secondary N) is 1. The van der Waals surface area contributed by atoms with E-state index in [1.807, 2.05) is 26.0 Å². The Bertz CT molecular complexity index is 631. The van der Waals surface area contributed by atoms with Crippen LogP contribution in [0.25, 0.3) is 0 Å². The lowest BCUT2D eigenvalue weighted by atomic mass is 9.64. The normalized spacial score (nSPS) is 32.3. The molecule has 0 spiro atoms. The van der Waals surface area contributed by atoms with E-state index in [0.29, 0.717) is 13.0 Å². The molecule has 2 bridgehead atoms. The molecule has 0 heterocycles. The van der Waals surface area contributed by atoms with Crippen LogP contribution in [0.5, 0.6) is 0 Å². The summed E-state index contributed by atoms with van der Waals surface area (Å²) in [6.07, 6.45) is 2.05. The molecule has 22 heavy (non-hydrogen) atoms. The fraction of sp³-hybridized carbons (Fsp3) is 0.579. The van der Waals surface area contributed by atoms with E-state index in [2.05, 4.69) is 31.3 Å². The summed E-state index contributed by atoms with van der Waals surface area (Å²) >= 11 is 0. The van der Waals surface area contributed by atoms with E-state index in [0.717, 1.165) is 18.4 Å². The number of aryl methyl sites for hydroxylation is 1. The molecule has 2 aliphatic rings. The molecule has 1 aromatic carbocycles. The zero-order chi connectivity index (χ0) is 16.2. The minimum absolute atomic E-state index is 0.0488. The highest BCUT2D eigenvalue weighted by Gasteiger charge is 2.72. The van der Waals surface area contributed by atoms with Crippen LogP contribution in [0.1, 0.15) is 51.2 Å². The summed E-state index contributed by atoms with van der Waals surface area (Å²) in [6.45, 7) is 8.80. The van der Waals surface area contributed by atoms with Gasteiger partial charge in [0, 0.05) is 18.4 Å². The van der Waals surface area contributed by atoms with E-state index >= 15 is 0 Å². The van der Waals surface area contributed by atoms with E-state index in [9.17, 15) is 9.59 Å². The second-order valence-corrected chi connectivity index (χ2v) is 7.81. The summed E-state index contributed by atoms with van der Waals surface area (Å²) < 4.78 is 0. The van der Waals surface area contributed by atoms with Gasteiger partial charge in [-0.05, 0) is 30.7 Å². The topological polar surface area (TPSA) is 46.2 Å². The largest absolute Gasteiger partial charge is 0.352 e. The predicted molar refractivity (Wildman–Crippen MR) is 86.2 cm³/mol. The van der Waals surface area contributed by atoms with Crippen LogP contribution in [0.2, 0.25) is 0 Å². The minimum Gasteiger partial charge on any atom is -0.352 e. The number of hydrogen-bond acceptors (Lipinski definition) is 2. The van der Waals surface area contributed by atoms with E-state index in [4.69, 9.17) is 0 Å². The molecule has 0 aliphatic heterocycles. The van der Waals surface area contributed by atoms with Crippen LogP contribution in [0, 0.1) is 23.2 Å². The summed E-state index contributed by atoms with van der Waals surface area (Å²) in [6, 6.07) is 8.18. The molecule has 2 fully saturated rings. The number of ketones is 1. The molecule has 3 rings (SSSR count). The van der Waals surface area contributed by atoms with Crippen molar-refractivity contribution >= 4 is 11.7 Å². The molecule has 0 saturated heterocycles. The molecule has 0 radical (unpaired) electrons. The Labute approximate surface area is 132 Å². The fourth-order valence-corrected chi connectivity index (χ4v) is 4.42. The fourth-order valence-electron chi connectivity index (χ4n) is 4.42. The van der Waals surface area contributed by atoms with Gasteiger partial charge < -0.3 is 5.32 Å². The third-order valence-electron chi connectivity index (χ3n) is 6.71. The van der Waals surface area contributed by atoms with Crippen molar-refractivity contribution in [2.45, 2.75) is 53.5 Å². The molecule has 1 amide bonds. The second-order valence-electron chi connectivity index (χ2n) is 7.81. The van der Waals surface area contributed by atoms with Gasteiger partial charge in [0.15, 0.2) is 0 Å². The van der Waals surface area contributed by atoms with E-state index in [1.165, 1.54) is 5.56 Å². The molecule has 3 nitrogen and oxygen atoms in total. The third-order valence-corrected chi connectivity index (χ3v) is 6.71. The highest BCUT2D eigenvalue weighted by molar-refractivity contribution is 5.99. The van der Waals surface area contributed by atoms with Crippen molar-refractivity contribution in [1.29, 1.82) is 0 Å². The molecule has 0 unspecified atom stereocenters. The summed E-state index contributed by atoms with van der Waals surface area (Å²) in [4.78, 5) is 25.3. The van der Waals surface area contributed by atoms with Gasteiger partial charge >= 0.3 is 0 Å². The Balaban J connectivity index is 1.78. The Hall–Kier alpha value is -1.64. The summed E-state index contributed by atoms with van der Waals surface area (Å²) in [5.74, 6) is 0.307. The second kappa shape index (κ2) is 4.68. The van der Waals surface area contributed by atoms with Crippen LogP contribution < -0.4 is 5.32 Å². The smallest absolute Gasteiger partial charge is 0.227 e. The van der Waals surface area contributed by atoms with Gasteiger partial charge in [-0.3, -0.25) is 9.59 Å². The van der Waals surface area contributed by atoms with Gasteiger partial charge in [0.2, 0.25) is 5.91 Å². The lowest BCUT2D eigenvalue weighted by Crippen LogP contribution is -2.46. The van der Waals surface area contributed by atoms with Crippen LogP contribution in [0.15, 0.2) is 24.3 Å². The van der Waals surface area contributed by atoms with Crippen LogP contribution in [-0.2, 0) is 16.1 Å². The van der Waals surface area contributed by atoms with Gasteiger partial charge in [-0.1, -0.05) is 50.6 Å². The molecular formula is C19H25NO2. The van der Waals surface area contributed by atoms with Crippen molar-refractivity contribution in [1.82, 2.24) is 5.32 Å². The Morgan fingerprint density at radius 3 is 2.27 bits per heavy atom. The molecule has 1 aromatic rings. The lowest BCUT2D eigenvalue weighted by molar-refractivity contribution is -0.136. The Kier molecular flexibility index (Phi) is 3.24. The lowest BCUT2D eigenvalue weighted by Gasteiger charge is -2.38. The van der Waals surface area contributed by atoms with Gasteiger partial charge in [0.1, 0.15) is 5.78 Å². The average Bonchev–Trinajstić information content (AvgIpc) is 2.77. The number of Topliss-reactive ketones (excluding diaryl/α,β-unsaturated/α-hetero) is 1. The van der Waals surface area contributed by atoms with E-state index < -0.39 is 5.41 Å². The quantitative estimate of drug-likeness (QED) is 0.930. The number of carbonyl (C=O) groups is 2. The monoisotopic (exact) mass is 299 g/mol. The van der Waals surface area contributed by atoms with Gasteiger partial charge in [0.25, 0.3) is 0 Å². The van der Waals surface area contributed by atoms with Crippen molar-refractivity contribution in [2.75, 3.05) is 0 Å². The Morgan fingerprint density at radius 2 is 1.77 bits per heavy atom. The Morgan fingerprint density at radius 1 is 1.14 bits per heavy atom. The SMILES string of the molecule is Cc1ccc(CNC(=O)[C@]23CC[C@@](C)(C(=O)C2)C3(C)C)cc1. The zero-order valence-electron chi connectivity index (χ0n) is 14.0. The molecule has 2 saturated carbocycles. The van der Waals surface area contributed by atoms with Gasteiger partial charge in [-0.2, -0.15) is 0 Å². The van der Waals surface area contributed by atoms with Crippen molar-refractivity contribution in [2.24, 2.45) is 16.2 Å². The first kappa shape index (κ1) is 15.3. The van der Waals surface area contributed by atoms with Crippen LogP contribution in [0.3, 0.4) is 0 Å². The number of hydrogen-bond donors (Lipinski definition) is 1. The molecule has 0 aromatic heterocycles. The van der Waals surface area contributed by atoms with Crippen molar-refractivity contribution < 1.29 is 9.59 Å². The van der Waals surface area contributed by atoms with Crippen molar-refractivity contribution in [3.63, 3.8) is 0 Å². The standard InChI is InChI=1S/C19H25NO2/c1-13-5-7-14(8-6-13)12-20-16(22)19-10-9-18(4,15(21)11-19)17(19,2)3/h5-8H,9-12H2,1-4H3,(H,20,22)/t18-,19-/m0/s1. The van der Waals surface area contributed by atoms with Crippen LogP contribution in [-0.4, -0.2) is 11.7 Å². The first-order valence-corrected chi connectivity index (χ1v) is 8.10. The summed E-state index contributed by atoms with van der Waals surface area (Å²) in [5.41, 5.74) is 1.17. The highest BCUT2D eigenvalue weighted by Crippen LogP contribution is 2.70. The predicted octanol–water partition coefficient (Wildman–Crippen LogP) is 3.40. The minimum atomic E-state index is -0.524. The van der Waals surface area contributed by atoms with Crippen molar-refractivity contribution in [3.05, 3.63) is 35.4 Å². The van der Waals surface area contributed by atoms with Crippen LogP contribution >= 0.6 is 0 Å². The number of amides is 1. The van der Waals surface area contributed by atoms with Gasteiger partial charge in [0.05, 0.1) is 5.41 Å².